The molecule has 1 aliphatic carbocycles. The van der Waals surface area contributed by atoms with Gasteiger partial charge in [-0.2, -0.15) is 13.2 Å². The summed E-state index contributed by atoms with van der Waals surface area (Å²) in [6.07, 6.45) is 0.0560. The standard InChI is InChI=1S/C17H24F3N3S/c1-11-8-12(17(18,19)20)10-13(9-11)21-16(24)22-14-6-4-5-7-15(14)23(2)3/h8-10,14-15H,4-7H2,1-3H3,(H2,21,22,24)/t14-,15-/m1/s1. The van der Waals surface area contributed by atoms with Crippen LogP contribution in [0.3, 0.4) is 0 Å². The molecule has 0 saturated heterocycles. The quantitative estimate of drug-likeness (QED) is 0.792. The van der Waals surface area contributed by atoms with Crippen LogP contribution in [0.2, 0.25) is 0 Å². The first-order valence-electron chi connectivity index (χ1n) is 8.09. The van der Waals surface area contributed by atoms with Crippen LogP contribution in [0.1, 0.15) is 36.8 Å². The van der Waals surface area contributed by atoms with Crippen molar-refractivity contribution in [3.05, 3.63) is 29.3 Å². The number of rotatable bonds is 3. The molecule has 134 valence electrons. The second-order valence-corrected chi connectivity index (χ2v) is 7.01. The number of aryl methyl sites for hydroxylation is 1. The van der Waals surface area contributed by atoms with E-state index in [1.165, 1.54) is 6.42 Å². The molecule has 0 bridgehead atoms. The summed E-state index contributed by atoms with van der Waals surface area (Å²) >= 11 is 5.31. The van der Waals surface area contributed by atoms with E-state index < -0.39 is 11.7 Å². The van der Waals surface area contributed by atoms with Crippen molar-refractivity contribution in [1.29, 1.82) is 0 Å². The van der Waals surface area contributed by atoms with Gasteiger partial charge in [-0.25, -0.2) is 0 Å². The lowest BCUT2D eigenvalue weighted by Gasteiger charge is -2.37. The average molecular weight is 359 g/mol. The molecule has 7 heteroatoms. The Morgan fingerprint density at radius 2 is 1.83 bits per heavy atom. The first-order chi connectivity index (χ1) is 11.2. The van der Waals surface area contributed by atoms with Crippen LogP contribution in [0.4, 0.5) is 18.9 Å². The molecule has 1 aliphatic rings. The number of hydrogen-bond donors (Lipinski definition) is 2. The average Bonchev–Trinajstić information content (AvgIpc) is 2.45. The zero-order chi connectivity index (χ0) is 17.9. The van der Waals surface area contributed by atoms with Crippen LogP contribution in [0.15, 0.2) is 18.2 Å². The summed E-state index contributed by atoms with van der Waals surface area (Å²) in [4.78, 5) is 2.17. The number of thiocarbonyl (C=S) groups is 1. The normalized spacial score (nSPS) is 21.6. The van der Waals surface area contributed by atoms with Crippen LogP contribution in [-0.2, 0) is 6.18 Å². The van der Waals surface area contributed by atoms with E-state index in [2.05, 4.69) is 15.5 Å². The Labute approximate surface area is 146 Å². The molecule has 2 rings (SSSR count). The molecular formula is C17H24F3N3S. The van der Waals surface area contributed by atoms with Crippen molar-refractivity contribution in [2.45, 2.75) is 50.9 Å². The van der Waals surface area contributed by atoms with Gasteiger partial charge in [-0.05, 0) is 69.8 Å². The lowest BCUT2D eigenvalue weighted by Crippen LogP contribution is -2.52. The molecule has 1 saturated carbocycles. The number of hydrogen-bond acceptors (Lipinski definition) is 2. The highest BCUT2D eigenvalue weighted by Crippen LogP contribution is 2.32. The Morgan fingerprint density at radius 3 is 2.46 bits per heavy atom. The van der Waals surface area contributed by atoms with Crippen molar-refractivity contribution in [1.82, 2.24) is 10.2 Å². The summed E-state index contributed by atoms with van der Waals surface area (Å²) < 4.78 is 38.7. The lowest BCUT2D eigenvalue weighted by molar-refractivity contribution is -0.137. The van der Waals surface area contributed by atoms with E-state index in [9.17, 15) is 13.2 Å². The molecule has 0 aromatic heterocycles. The van der Waals surface area contributed by atoms with Gasteiger partial charge in [-0.1, -0.05) is 12.8 Å². The number of alkyl halides is 3. The summed E-state index contributed by atoms with van der Waals surface area (Å²) in [5, 5.41) is 6.55. The van der Waals surface area contributed by atoms with E-state index >= 15 is 0 Å². The van der Waals surface area contributed by atoms with Crippen molar-refractivity contribution in [2.75, 3.05) is 19.4 Å². The van der Waals surface area contributed by atoms with Gasteiger partial charge < -0.3 is 15.5 Å². The highest BCUT2D eigenvalue weighted by Gasteiger charge is 2.31. The fourth-order valence-corrected chi connectivity index (χ4v) is 3.52. The Balaban J connectivity index is 2.05. The molecule has 0 radical (unpaired) electrons. The van der Waals surface area contributed by atoms with Gasteiger partial charge in [0.25, 0.3) is 0 Å². The maximum Gasteiger partial charge on any atom is 0.416 e. The van der Waals surface area contributed by atoms with Crippen molar-refractivity contribution >= 4 is 23.0 Å². The van der Waals surface area contributed by atoms with E-state index in [4.69, 9.17) is 12.2 Å². The van der Waals surface area contributed by atoms with Gasteiger partial charge in [0.05, 0.1) is 5.56 Å². The molecule has 0 unspecified atom stereocenters. The SMILES string of the molecule is Cc1cc(NC(=S)N[C@@H]2CCCC[C@H]2N(C)C)cc(C(F)(F)F)c1. The molecule has 2 atom stereocenters. The highest BCUT2D eigenvalue weighted by atomic mass is 32.1. The molecular weight excluding hydrogens is 335 g/mol. The smallest absolute Gasteiger partial charge is 0.358 e. The lowest BCUT2D eigenvalue weighted by atomic mass is 9.90. The highest BCUT2D eigenvalue weighted by molar-refractivity contribution is 7.80. The van der Waals surface area contributed by atoms with Crippen molar-refractivity contribution in [2.24, 2.45) is 0 Å². The predicted molar refractivity (Wildman–Crippen MR) is 95.3 cm³/mol. The maximum absolute atomic E-state index is 12.9. The maximum atomic E-state index is 12.9. The van der Waals surface area contributed by atoms with Crippen LogP contribution in [0.25, 0.3) is 0 Å². The van der Waals surface area contributed by atoms with Gasteiger partial charge in [0.2, 0.25) is 0 Å². The minimum atomic E-state index is -4.36. The van der Waals surface area contributed by atoms with Gasteiger partial charge in [0.1, 0.15) is 0 Å². The van der Waals surface area contributed by atoms with Gasteiger partial charge >= 0.3 is 6.18 Å². The summed E-state index contributed by atoms with van der Waals surface area (Å²) in [5.74, 6) is 0. The molecule has 1 aromatic carbocycles. The third-order valence-electron chi connectivity index (χ3n) is 4.37. The molecule has 24 heavy (non-hydrogen) atoms. The molecule has 0 spiro atoms. The third kappa shape index (κ3) is 5.08. The number of benzene rings is 1. The number of anilines is 1. The largest absolute Gasteiger partial charge is 0.416 e. The zero-order valence-corrected chi connectivity index (χ0v) is 15.0. The zero-order valence-electron chi connectivity index (χ0n) is 14.2. The van der Waals surface area contributed by atoms with Crippen molar-refractivity contribution in [3.8, 4) is 0 Å². The first kappa shape index (κ1) is 19.0. The fraction of sp³-hybridized carbons (Fsp3) is 0.588. The first-order valence-corrected chi connectivity index (χ1v) is 8.50. The Morgan fingerprint density at radius 1 is 1.17 bits per heavy atom. The van der Waals surface area contributed by atoms with E-state index in [0.29, 0.717) is 22.4 Å². The van der Waals surface area contributed by atoms with Crippen LogP contribution in [-0.4, -0.2) is 36.2 Å². The predicted octanol–water partition coefficient (Wildman–Crippen LogP) is 4.17. The second kappa shape index (κ2) is 7.70. The van der Waals surface area contributed by atoms with Crippen LogP contribution < -0.4 is 10.6 Å². The fourth-order valence-electron chi connectivity index (χ4n) is 3.25. The topological polar surface area (TPSA) is 27.3 Å². The molecule has 0 amide bonds. The molecule has 0 aliphatic heterocycles. The summed E-state index contributed by atoms with van der Waals surface area (Å²) in [6.45, 7) is 1.64. The van der Waals surface area contributed by atoms with Crippen LogP contribution in [0.5, 0.6) is 0 Å². The molecule has 0 heterocycles. The number of nitrogens with zero attached hydrogens (tertiary/aromatic N) is 1. The monoisotopic (exact) mass is 359 g/mol. The van der Waals surface area contributed by atoms with Crippen LogP contribution >= 0.6 is 12.2 Å². The Kier molecular flexibility index (Phi) is 6.09. The molecule has 2 N–H and O–H groups in total. The Hall–Kier alpha value is -1.34. The van der Waals surface area contributed by atoms with Gasteiger partial charge in [0.15, 0.2) is 5.11 Å². The van der Waals surface area contributed by atoms with Crippen LogP contribution in [0, 0.1) is 6.92 Å². The van der Waals surface area contributed by atoms with E-state index in [1.807, 2.05) is 14.1 Å². The van der Waals surface area contributed by atoms with E-state index in [1.54, 1.807) is 13.0 Å². The van der Waals surface area contributed by atoms with E-state index in [-0.39, 0.29) is 6.04 Å². The van der Waals surface area contributed by atoms with Crippen molar-refractivity contribution in [3.63, 3.8) is 0 Å². The molecule has 1 aromatic rings. The molecule has 1 fully saturated rings. The van der Waals surface area contributed by atoms with Gasteiger partial charge in [-0.3, -0.25) is 0 Å². The second-order valence-electron chi connectivity index (χ2n) is 6.61. The minimum Gasteiger partial charge on any atom is -0.358 e. The number of halogens is 3. The number of nitrogens with one attached hydrogen (secondary N) is 2. The summed E-state index contributed by atoms with van der Waals surface area (Å²) in [6, 6.07) is 4.46. The summed E-state index contributed by atoms with van der Waals surface area (Å²) in [5.41, 5.74) is 0.229. The Bertz CT molecular complexity index is 587. The minimum absolute atomic E-state index is 0.209. The van der Waals surface area contributed by atoms with Gasteiger partial charge in [-0.15, -0.1) is 0 Å². The van der Waals surface area contributed by atoms with Gasteiger partial charge in [0, 0.05) is 17.8 Å². The summed E-state index contributed by atoms with van der Waals surface area (Å²) in [7, 11) is 4.08. The van der Waals surface area contributed by atoms with E-state index in [0.717, 1.165) is 31.4 Å². The third-order valence-corrected chi connectivity index (χ3v) is 4.59. The molecule has 3 nitrogen and oxygen atoms in total. The number of likely N-dealkylation sites (N-methyl/N-ethyl adjacent to an activating group) is 1. The van der Waals surface area contributed by atoms with Crippen molar-refractivity contribution < 1.29 is 13.2 Å².